The molecule has 1 fully saturated rings. The molecule has 0 aromatic carbocycles. The number of ether oxygens (including phenoxy) is 1. The Morgan fingerprint density at radius 2 is 2.19 bits per heavy atom. The summed E-state index contributed by atoms with van der Waals surface area (Å²) in [5.74, 6) is 1.79. The highest BCUT2D eigenvalue weighted by molar-refractivity contribution is 5.82. The van der Waals surface area contributed by atoms with Crippen molar-refractivity contribution in [3.63, 3.8) is 0 Å². The fraction of sp³-hybridized carbons (Fsp3) is 0.643. The molecule has 0 unspecified atom stereocenters. The lowest BCUT2D eigenvalue weighted by Crippen LogP contribution is -2.48. The summed E-state index contributed by atoms with van der Waals surface area (Å²) in [6, 6.07) is 1.94. The average Bonchev–Trinajstić information content (AvgIpc) is 2.50. The summed E-state index contributed by atoms with van der Waals surface area (Å²) in [6.07, 6.45) is 2.50. The van der Waals surface area contributed by atoms with Crippen molar-refractivity contribution in [2.75, 3.05) is 63.8 Å². The first-order chi connectivity index (χ1) is 10.1. The third-order valence-electron chi connectivity index (χ3n) is 3.65. The van der Waals surface area contributed by atoms with Crippen LogP contribution in [0.2, 0.25) is 0 Å². The van der Waals surface area contributed by atoms with Gasteiger partial charge in [-0.25, -0.2) is 9.97 Å². The molecule has 1 saturated heterocycles. The van der Waals surface area contributed by atoms with Crippen molar-refractivity contribution in [3.8, 4) is 0 Å². The van der Waals surface area contributed by atoms with Gasteiger partial charge in [-0.2, -0.15) is 0 Å². The molecular formula is C14H23N5O2. The van der Waals surface area contributed by atoms with Crippen LogP contribution in [0.25, 0.3) is 0 Å². The number of hydrogen-bond donors (Lipinski definition) is 0. The van der Waals surface area contributed by atoms with Crippen LogP contribution >= 0.6 is 0 Å². The molecule has 0 atom stereocenters. The van der Waals surface area contributed by atoms with Gasteiger partial charge in [0.15, 0.2) is 0 Å². The van der Waals surface area contributed by atoms with Gasteiger partial charge in [0.1, 0.15) is 18.0 Å². The van der Waals surface area contributed by atoms with Gasteiger partial charge < -0.3 is 19.4 Å². The van der Waals surface area contributed by atoms with Crippen LogP contribution in [0.3, 0.4) is 0 Å². The van der Waals surface area contributed by atoms with Gasteiger partial charge in [-0.15, -0.1) is 0 Å². The largest absolute Gasteiger partial charge is 0.385 e. The van der Waals surface area contributed by atoms with E-state index in [0.717, 1.165) is 44.3 Å². The molecule has 1 aliphatic rings. The molecule has 0 N–H and O–H groups in total. The second kappa shape index (κ2) is 7.21. The van der Waals surface area contributed by atoms with Gasteiger partial charge >= 0.3 is 0 Å². The van der Waals surface area contributed by atoms with Gasteiger partial charge in [-0.05, 0) is 6.42 Å². The van der Waals surface area contributed by atoms with Crippen LogP contribution in [-0.4, -0.2) is 74.8 Å². The summed E-state index contributed by atoms with van der Waals surface area (Å²) in [5.41, 5.74) is 0. The van der Waals surface area contributed by atoms with E-state index in [-0.39, 0.29) is 5.91 Å². The number of carbonyl (C=O) groups excluding carboxylic acids is 1. The van der Waals surface area contributed by atoms with Gasteiger partial charge in [0.05, 0.1) is 6.54 Å². The van der Waals surface area contributed by atoms with Crippen LogP contribution in [0.5, 0.6) is 0 Å². The second-order valence-corrected chi connectivity index (χ2v) is 5.24. The monoisotopic (exact) mass is 293 g/mol. The van der Waals surface area contributed by atoms with Crippen molar-refractivity contribution in [1.29, 1.82) is 0 Å². The Morgan fingerprint density at radius 1 is 1.38 bits per heavy atom. The van der Waals surface area contributed by atoms with E-state index in [1.165, 1.54) is 0 Å². The molecule has 0 bridgehead atoms. The van der Waals surface area contributed by atoms with Crippen LogP contribution in [-0.2, 0) is 9.53 Å². The molecule has 0 aliphatic carbocycles. The van der Waals surface area contributed by atoms with Crippen molar-refractivity contribution in [3.05, 3.63) is 12.4 Å². The van der Waals surface area contributed by atoms with Crippen LogP contribution in [0.15, 0.2) is 12.4 Å². The zero-order valence-electron chi connectivity index (χ0n) is 12.9. The van der Waals surface area contributed by atoms with E-state index in [2.05, 4.69) is 14.9 Å². The number of piperazine rings is 1. The smallest absolute Gasteiger partial charge is 0.241 e. The van der Waals surface area contributed by atoms with Gasteiger partial charge in [-0.3, -0.25) is 4.79 Å². The molecular weight excluding hydrogens is 270 g/mol. The summed E-state index contributed by atoms with van der Waals surface area (Å²) in [7, 11) is 5.53. The maximum Gasteiger partial charge on any atom is 0.241 e. The second-order valence-electron chi connectivity index (χ2n) is 5.24. The summed E-state index contributed by atoms with van der Waals surface area (Å²) in [5, 5.41) is 0. The molecule has 21 heavy (non-hydrogen) atoms. The first-order valence-corrected chi connectivity index (χ1v) is 7.13. The van der Waals surface area contributed by atoms with Crippen LogP contribution in [0.1, 0.15) is 6.42 Å². The van der Waals surface area contributed by atoms with Crippen molar-refractivity contribution in [1.82, 2.24) is 14.9 Å². The van der Waals surface area contributed by atoms with E-state index in [9.17, 15) is 4.79 Å². The molecule has 2 rings (SSSR count). The molecule has 1 aromatic heterocycles. The zero-order valence-corrected chi connectivity index (χ0v) is 12.9. The van der Waals surface area contributed by atoms with Crippen LogP contribution in [0.4, 0.5) is 11.6 Å². The molecule has 1 amide bonds. The van der Waals surface area contributed by atoms with Crippen molar-refractivity contribution >= 4 is 17.5 Å². The molecule has 2 heterocycles. The van der Waals surface area contributed by atoms with E-state index >= 15 is 0 Å². The Kier molecular flexibility index (Phi) is 5.32. The molecule has 1 aliphatic heterocycles. The molecule has 1 aromatic rings. The number of carbonyl (C=O) groups is 1. The number of likely N-dealkylation sites (N-methyl/N-ethyl adjacent to an activating group) is 1. The summed E-state index contributed by atoms with van der Waals surface area (Å²) < 4.78 is 5.06. The topological polar surface area (TPSA) is 61.8 Å². The average molecular weight is 293 g/mol. The quantitative estimate of drug-likeness (QED) is 0.700. The maximum atomic E-state index is 11.8. The maximum absolute atomic E-state index is 11.8. The first-order valence-electron chi connectivity index (χ1n) is 7.13. The Bertz CT molecular complexity index is 482. The van der Waals surface area contributed by atoms with Crippen LogP contribution < -0.4 is 9.80 Å². The molecule has 7 heteroatoms. The highest BCUT2D eigenvalue weighted by atomic mass is 16.5. The number of hydrogen-bond acceptors (Lipinski definition) is 6. The number of nitrogens with zero attached hydrogens (tertiary/aromatic N) is 5. The molecule has 0 saturated carbocycles. The Hall–Kier alpha value is -1.89. The summed E-state index contributed by atoms with van der Waals surface area (Å²) in [4.78, 5) is 26.2. The highest BCUT2D eigenvalue weighted by Crippen LogP contribution is 2.18. The lowest BCUT2D eigenvalue weighted by molar-refractivity contribution is -0.129. The Morgan fingerprint density at radius 3 is 2.90 bits per heavy atom. The molecule has 116 valence electrons. The van der Waals surface area contributed by atoms with Gasteiger partial charge in [-0.1, -0.05) is 0 Å². The van der Waals surface area contributed by atoms with Crippen molar-refractivity contribution in [2.24, 2.45) is 0 Å². The standard InChI is InChI=1S/C14H23N5O2/c1-17(5-4-8-21-3)12-9-13(16-11-15-12)19-7-6-18(2)14(20)10-19/h9,11H,4-8,10H2,1-3H3. The first kappa shape index (κ1) is 15.5. The lowest BCUT2D eigenvalue weighted by Gasteiger charge is -2.33. The normalized spacial score (nSPS) is 15.5. The summed E-state index contributed by atoms with van der Waals surface area (Å²) in [6.45, 7) is 3.50. The number of anilines is 2. The zero-order chi connectivity index (χ0) is 15.2. The number of methoxy groups -OCH3 is 1. The van der Waals surface area contributed by atoms with Crippen molar-refractivity contribution < 1.29 is 9.53 Å². The Labute approximate surface area is 125 Å². The minimum absolute atomic E-state index is 0.120. The SMILES string of the molecule is COCCCN(C)c1cc(N2CCN(C)C(=O)C2)ncn1. The fourth-order valence-electron chi connectivity index (χ4n) is 2.23. The number of aromatic nitrogens is 2. The molecule has 0 spiro atoms. The summed E-state index contributed by atoms with van der Waals surface area (Å²) >= 11 is 0. The van der Waals surface area contributed by atoms with E-state index in [0.29, 0.717) is 6.54 Å². The lowest BCUT2D eigenvalue weighted by atomic mass is 10.3. The van der Waals surface area contributed by atoms with E-state index in [1.807, 2.05) is 25.1 Å². The molecule has 7 nitrogen and oxygen atoms in total. The molecule has 0 radical (unpaired) electrons. The minimum atomic E-state index is 0.120. The predicted octanol–water partition coefficient (Wildman–Crippen LogP) is 0.228. The third kappa shape index (κ3) is 4.04. The highest BCUT2D eigenvalue weighted by Gasteiger charge is 2.22. The van der Waals surface area contributed by atoms with Crippen LogP contribution in [0, 0.1) is 0 Å². The van der Waals surface area contributed by atoms with Gasteiger partial charge in [0.2, 0.25) is 5.91 Å². The fourth-order valence-corrected chi connectivity index (χ4v) is 2.23. The number of amides is 1. The minimum Gasteiger partial charge on any atom is -0.385 e. The van der Waals surface area contributed by atoms with E-state index < -0.39 is 0 Å². The number of rotatable bonds is 6. The van der Waals surface area contributed by atoms with E-state index in [4.69, 9.17) is 4.74 Å². The van der Waals surface area contributed by atoms with Crippen molar-refractivity contribution in [2.45, 2.75) is 6.42 Å². The Balaban J connectivity index is 2.02. The van der Waals surface area contributed by atoms with Gasteiger partial charge in [0, 0.05) is 53.5 Å². The predicted molar refractivity (Wildman–Crippen MR) is 81.6 cm³/mol. The third-order valence-corrected chi connectivity index (χ3v) is 3.65. The van der Waals surface area contributed by atoms with Gasteiger partial charge in [0.25, 0.3) is 0 Å². The van der Waals surface area contributed by atoms with E-state index in [1.54, 1.807) is 18.3 Å².